The maximum Gasteiger partial charge on any atom is 0.282 e. The zero-order valence-electron chi connectivity index (χ0n) is 17.4. The summed E-state index contributed by atoms with van der Waals surface area (Å²) in [4.78, 5) is 0.491. The summed E-state index contributed by atoms with van der Waals surface area (Å²) in [6.45, 7) is 0. The van der Waals surface area contributed by atoms with E-state index in [4.69, 9.17) is 5.14 Å². The maximum atomic E-state index is 14.1. The first-order valence-corrected chi connectivity index (χ1v) is 12.8. The molecule has 6 nitrogen and oxygen atoms in total. The van der Waals surface area contributed by atoms with Crippen molar-refractivity contribution in [3.63, 3.8) is 0 Å². The molecule has 0 amide bonds. The Morgan fingerprint density at radius 3 is 2.06 bits per heavy atom. The number of benzene rings is 3. The number of sulfonamides is 1. The van der Waals surface area contributed by atoms with Crippen LogP contribution in [0.3, 0.4) is 0 Å². The van der Waals surface area contributed by atoms with E-state index in [1.54, 1.807) is 60.9 Å². The van der Waals surface area contributed by atoms with E-state index < -0.39 is 33.3 Å². The van der Waals surface area contributed by atoms with Crippen LogP contribution in [-0.4, -0.2) is 29.0 Å². The van der Waals surface area contributed by atoms with E-state index in [1.165, 1.54) is 28.9 Å². The third kappa shape index (κ3) is 4.69. The normalized spacial score (nSPS) is 12.8. The molecule has 0 saturated heterocycles. The van der Waals surface area contributed by atoms with E-state index in [9.17, 15) is 21.8 Å². The Labute approximate surface area is 192 Å². The van der Waals surface area contributed by atoms with Crippen LogP contribution in [0.25, 0.3) is 28.1 Å². The van der Waals surface area contributed by atoms with Gasteiger partial charge in [-0.25, -0.2) is 27.0 Å². The van der Waals surface area contributed by atoms with E-state index in [1.807, 2.05) is 0 Å². The molecule has 2 N–H and O–H groups in total. The second kappa shape index (κ2) is 9.06. The molecule has 0 saturated carbocycles. The lowest BCUT2D eigenvalue weighted by Gasteiger charge is -2.12. The summed E-state index contributed by atoms with van der Waals surface area (Å²) in [7, 11) is -3.92. The number of aromatic nitrogens is 2. The van der Waals surface area contributed by atoms with E-state index >= 15 is 0 Å². The first-order chi connectivity index (χ1) is 15.7. The predicted octanol–water partition coefficient (Wildman–Crippen LogP) is 4.53. The summed E-state index contributed by atoms with van der Waals surface area (Å²) >= 11 is -1.20. The lowest BCUT2D eigenvalue weighted by atomic mass is 9.98. The molecule has 4 rings (SSSR count). The lowest BCUT2D eigenvalue weighted by molar-refractivity contribution is 0.146. The van der Waals surface area contributed by atoms with Gasteiger partial charge >= 0.3 is 0 Å². The number of rotatable bonds is 6. The van der Waals surface area contributed by atoms with Crippen LogP contribution in [0, 0.1) is 0 Å². The zero-order chi connectivity index (χ0) is 23.8. The summed E-state index contributed by atoms with van der Waals surface area (Å²) in [5.74, 6) is 0. The van der Waals surface area contributed by atoms with Crippen LogP contribution in [0.4, 0.5) is 8.78 Å². The Kier molecular flexibility index (Phi) is 6.35. The van der Waals surface area contributed by atoms with Crippen LogP contribution in [0.15, 0.2) is 88.7 Å². The molecule has 1 atom stereocenters. The summed E-state index contributed by atoms with van der Waals surface area (Å²) in [5, 5.41) is 9.43. The van der Waals surface area contributed by atoms with Crippen molar-refractivity contribution < 1.29 is 21.8 Å². The van der Waals surface area contributed by atoms with Crippen molar-refractivity contribution >= 4 is 21.2 Å². The molecule has 10 heteroatoms. The number of nitrogens with two attached hydrogens (primary N) is 1. The number of nitrogens with zero attached hydrogens (tertiary/aromatic N) is 2. The van der Waals surface area contributed by atoms with Gasteiger partial charge in [-0.05, 0) is 53.1 Å². The third-order valence-corrected chi connectivity index (χ3v) is 6.92. The SMILES string of the molecule is C[S+]([O-])c1ccc(-n2nc(C(F)F)c(-c3ccccc3)c2-c2ccc(S(N)(=O)=O)cc2)cc1. The first-order valence-electron chi connectivity index (χ1n) is 9.70. The molecule has 0 aliphatic heterocycles. The smallest absolute Gasteiger partial charge is 0.282 e. The average Bonchev–Trinajstić information content (AvgIpc) is 3.20. The molecular weight excluding hydrogens is 468 g/mol. The highest BCUT2D eigenvalue weighted by Gasteiger charge is 2.27. The number of halogens is 2. The molecule has 170 valence electrons. The Morgan fingerprint density at radius 2 is 1.55 bits per heavy atom. The average molecular weight is 488 g/mol. The van der Waals surface area contributed by atoms with E-state index in [-0.39, 0.29) is 10.5 Å². The van der Waals surface area contributed by atoms with Crippen LogP contribution in [0.2, 0.25) is 0 Å². The molecule has 0 radical (unpaired) electrons. The van der Waals surface area contributed by atoms with Crippen LogP contribution in [0.1, 0.15) is 12.1 Å². The highest BCUT2D eigenvalue weighted by Crippen LogP contribution is 2.40. The molecule has 33 heavy (non-hydrogen) atoms. The number of alkyl halides is 2. The minimum atomic E-state index is -3.92. The van der Waals surface area contributed by atoms with Gasteiger partial charge in [0.05, 0.1) is 16.3 Å². The van der Waals surface area contributed by atoms with Crippen molar-refractivity contribution in [2.75, 3.05) is 6.26 Å². The quantitative estimate of drug-likeness (QED) is 0.404. The van der Waals surface area contributed by atoms with Crippen molar-refractivity contribution in [3.05, 3.63) is 84.6 Å². The van der Waals surface area contributed by atoms with Gasteiger partial charge in [-0.2, -0.15) is 5.10 Å². The van der Waals surface area contributed by atoms with Gasteiger partial charge in [0.1, 0.15) is 11.9 Å². The van der Waals surface area contributed by atoms with Crippen molar-refractivity contribution in [2.45, 2.75) is 16.2 Å². The van der Waals surface area contributed by atoms with Gasteiger partial charge in [0.25, 0.3) is 6.43 Å². The lowest BCUT2D eigenvalue weighted by Crippen LogP contribution is -2.11. The maximum absolute atomic E-state index is 14.1. The molecule has 0 spiro atoms. The molecule has 3 aromatic carbocycles. The van der Waals surface area contributed by atoms with Crippen molar-refractivity contribution in [3.8, 4) is 28.1 Å². The van der Waals surface area contributed by atoms with Crippen molar-refractivity contribution in [1.29, 1.82) is 0 Å². The largest absolute Gasteiger partial charge is 0.612 e. The van der Waals surface area contributed by atoms with Gasteiger partial charge in [-0.15, -0.1) is 0 Å². The Bertz CT molecular complexity index is 1370. The number of primary sulfonamides is 1. The molecule has 0 aliphatic carbocycles. The number of hydrogen-bond donors (Lipinski definition) is 1. The topological polar surface area (TPSA) is 101 Å². The van der Waals surface area contributed by atoms with E-state index in [0.29, 0.717) is 27.4 Å². The minimum absolute atomic E-state index is 0.0950. The summed E-state index contributed by atoms with van der Waals surface area (Å²) in [6.07, 6.45) is -1.31. The molecule has 4 aromatic rings. The molecule has 0 fully saturated rings. The van der Waals surface area contributed by atoms with Crippen LogP contribution < -0.4 is 5.14 Å². The summed E-state index contributed by atoms with van der Waals surface area (Å²) < 4.78 is 64.7. The van der Waals surface area contributed by atoms with Crippen molar-refractivity contribution in [2.24, 2.45) is 5.14 Å². The van der Waals surface area contributed by atoms with Crippen LogP contribution in [-0.2, 0) is 21.2 Å². The monoisotopic (exact) mass is 487 g/mol. The Hall–Kier alpha value is -3.05. The van der Waals surface area contributed by atoms with Gasteiger partial charge in [-0.1, -0.05) is 42.5 Å². The highest BCUT2D eigenvalue weighted by atomic mass is 32.2. The zero-order valence-corrected chi connectivity index (χ0v) is 19.0. The fourth-order valence-corrected chi connectivity index (χ4v) is 4.55. The minimum Gasteiger partial charge on any atom is -0.612 e. The highest BCUT2D eigenvalue weighted by molar-refractivity contribution is 7.90. The molecular formula is C23H19F2N3O3S2. The van der Waals surface area contributed by atoms with Crippen molar-refractivity contribution in [1.82, 2.24) is 9.78 Å². The molecule has 1 unspecified atom stereocenters. The molecule has 1 heterocycles. The van der Waals surface area contributed by atoms with Gasteiger partial charge in [0.2, 0.25) is 10.0 Å². The predicted molar refractivity (Wildman–Crippen MR) is 123 cm³/mol. The molecule has 1 aromatic heterocycles. The second-order valence-electron chi connectivity index (χ2n) is 7.20. The van der Waals surface area contributed by atoms with Crippen LogP contribution in [0.5, 0.6) is 0 Å². The van der Waals surface area contributed by atoms with Gasteiger partial charge < -0.3 is 4.55 Å². The standard InChI is InChI=1S/C23H19F2N3O3S2/c1-32(29)18-11-9-17(10-12-18)28-22(16-7-13-19(14-8-16)33(26,30)31)20(21(27-28)23(24)25)15-5-3-2-4-6-15/h2-14,23H,1H3,(H2,26,30,31). The summed E-state index contributed by atoms with van der Waals surface area (Å²) in [5.41, 5.74) is 1.69. The van der Waals surface area contributed by atoms with Crippen LogP contribution >= 0.6 is 0 Å². The van der Waals surface area contributed by atoms with E-state index in [0.717, 1.165) is 0 Å². The van der Waals surface area contributed by atoms with Gasteiger partial charge in [0, 0.05) is 11.1 Å². The molecule has 0 aliphatic rings. The number of hydrogen-bond acceptors (Lipinski definition) is 4. The fraction of sp³-hybridized carbons (Fsp3) is 0.0870. The Balaban J connectivity index is 2.00. The van der Waals surface area contributed by atoms with Gasteiger partial charge in [0.15, 0.2) is 4.90 Å². The van der Waals surface area contributed by atoms with E-state index in [2.05, 4.69) is 5.10 Å². The van der Waals surface area contributed by atoms with Gasteiger partial charge in [-0.3, -0.25) is 0 Å². The fourth-order valence-electron chi connectivity index (χ4n) is 3.51. The second-order valence-corrected chi connectivity index (χ2v) is 10.1. The Morgan fingerprint density at radius 1 is 0.939 bits per heavy atom. The first kappa shape index (κ1) is 23.1. The molecule has 0 bridgehead atoms. The summed E-state index contributed by atoms with van der Waals surface area (Å²) in [6, 6.07) is 20.9. The third-order valence-electron chi connectivity index (χ3n) is 5.05.